The maximum Gasteiger partial charge on any atom is 0.411 e. The molecule has 96 valence electrons. The molecule has 1 atom stereocenters. The standard InChI is InChI=1S/C12H19NO4/c1-8-6-12(5,9(14)15)13(7-8)10(16)17-11(2,3)4/h1,6-7H2,2-5H3,(H,14,15). The summed E-state index contributed by atoms with van der Waals surface area (Å²) in [5.74, 6) is -1.04. The molecule has 1 N–H and O–H groups in total. The maximum absolute atomic E-state index is 11.9. The molecular formula is C12H19NO4. The number of carbonyl (C=O) groups excluding carboxylic acids is 1. The summed E-state index contributed by atoms with van der Waals surface area (Å²) in [7, 11) is 0. The quantitative estimate of drug-likeness (QED) is 0.713. The van der Waals surface area contributed by atoms with Crippen LogP contribution in [-0.4, -0.2) is 39.8 Å². The molecule has 1 fully saturated rings. The Kier molecular flexibility index (Phi) is 3.23. The number of aliphatic carboxylic acids is 1. The highest BCUT2D eigenvalue weighted by Crippen LogP contribution is 2.33. The number of nitrogens with zero attached hydrogens (tertiary/aromatic N) is 1. The van der Waals surface area contributed by atoms with E-state index in [1.54, 1.807) is 20.8 Å². The van der Waals surface area contributed by atoms with Crippen LogP contribution < -0.4 is 0 Å². The van der Waals surface area contributed by atoms with Gasteiger partial charge < -0.3 is 9.84 Å². The number of ether oxygens (including phenoxy) is 1. The molecule has 1 aliphatic heterocycles. The van der Waals surface area contributed by atoms with E-state index in [4.69, 9.17) is 4.74 Å². The molecule has 0 aromatic heterocycles. The molecule has 1 unspecified atom stereocenters. The fourth-order valence-corrected chi connectivity index (χ4v) is 1.81. The maximum atomic E-state index is 11.9. The first-order valence-corrected chi connectivity index (χ1v) is 5.47. The van der Waals surface area contributed by atoms with Crippen LogP contribution in [0.25, 0.3) is 0 Å². The Hall–Kier alpha value is -1.52. The first-order valence-electron chi connectivity index (χ1n) is 5.47. The lowest BCUT2D eigenvalue weighted by molar-refractivity contribution is -0.148. The second kappa shape index (κ2) is 4.05. The molecule has 5 nitrogen and oxygen atoms in total. The smallest absolute Gasteiger partial charge is 0.411 e. The van der Waals surface area contributed by atoms with Crippen molar-refractivity contribution in [2.24, 2.45) is 0 Å². The topological polar surface area (TPSA) is 66.8 Å². The van der Waals surface area contributed by atoms with Crippen LogP contribution in [0.4, 0.5) is 4.79 Å². The molecule has 1 saturated heterocycles. The Labute approximate surface area is 101 Å². The average molecular weight is 241 g/mol. The predicted molar refractivity (Wildman–Crippen MR) is 62.7 cm³/mol. The van der Waals surface area contributed by atoms with Gasteiger partial charge in [-0.05, 0) is 27.7 Å². The number of carboxylic acids is 1. The average Bonchev–Trinajstić information content (AvgIpc) is 2.40. The molecule has 0 aromatic rings. The van der Waals surface area contributed by atoms with Gasteiger partial charge in [-0.2, -0.15) is 0 Å². The van der Waals surface area contributed by atoms with Gasteiger partial charge in [0, 0.05) is 13.0 Å². The zero-order valence-corrected chi connectivity index (χ0v) is 10.7. The molecule has 1 rings (SSSR count). The highest BCUT2D eigenvalue weighted by Gasteiger charge is 2.48. The SMILES string of the molecule is C=C1CN(C(=O)OC(C)(C)C)C(C)(C(=O)O)C1. The van der Waals surface area contributed by atoms with Crippen LogP contribution in [0.5, 0.6) is 0 Å². The van der Waals surface area contributed by atoms with Crippen LogP contribution >= 0.6 is 0 Å². The molecule has 1 amide bonds. The van der Waals surface area contributed by atoms with Gasteiger partial charge in [-0.3, -0.25) is 4.90 Å². The lowest BCUT2D eigenvalue weighted by Crippen LogP contribution is -2.52. The predicted octanol–water partition coefficient (Wildman–Crippen LogP) is 2.03. The van der Waals surface area contributed by atoms with Gasteiger partial charge in [0.15, 0.2) is 0 Å². The molecule has 1 heterocycles. The second-order valence-corrected chi connectivity index (χ2v) is 5.57. The first kappa shape index (κ1) is 13.5. The van der Waals surface area contributed by atoms with Crippen LogP contribution in [0.3, 0.4) is 0 Å². The summed E-state index contributed by atoms with van der Waals surface area (Å²) in [5.41, 5.74) is -1.17. The Balaban J connectivity index is 2.92. The number of rotatable bonds is 1. The van der Waals surface area contributed by atoms with E-state index in [1.165, 1.54) is 11.8 Å². The fraction of sp³-hybridized carbons (Fsp3) is 0.667. The van der Waals surface area contributed by atoms with Crippen molar-refractivity contribution < 1.29 is 19.4 Å². The van der Waals surface area contributed by atoms with Crippen molar-refractivity contribution in [1.29, 1.82) is 0 Å². The first-order chi connectivity index (χ1) is 7.56. The molecule has 0 saturated carbocycles. The van der Waals surface area contributed by atoms with Crippen molar-refractivity contribution >= 4 is 12.1 Å². The van der Waals surface area contributed by atoms with Gasteiger partial charge in [0.1, 0.15) is 11.1 Å². The van der Waals surface area contributed by atoms with Crippen molar-refractivity contribution in [3.63, 3.8) is 0 Å². The zero-order chi connectivity index (χ0) is 13.4. The van der Waals surface area contributed by atoms with Gasteiger partial charge >= 0.3 is 12.1 Å². The van der Waals surface area contributed by atoms with Crippen molar-refractivity contribution in [3.8, 4) is 0 Å². The zero-order valence-electron chi connectivity index (χ0n) is 10.7. The second-order valence-electron chi connectivity index (χ2n) is 5.57. The van der Waals surface area contributed by atoms with Crippen molar-refractivity contribution in [2.75, 3.05) is 6.54 Å². The van der Waals surface area contributed by atoms with Crippen molar-refractivity contribution in [2.45, 2.75) is 45.3 Å². The summed E-state index contributed by atoms with van der Waals surface area (Å²) < 4.78 is 5.20. The number of amides is 1. The van der Waals surface area contributed by atoms with E-state index in [9.17, 15) is 14.7 Å². The molecule has 1 aliphatic rings. The van der Waals surface area contributed by atoms with Crippen molar-refractivity contribution in [3.05, 3.63) is 12.2 Å². The van der Waals surface area contributed by atoms with Gasteiger partial charge in [-0.1, -0.05) is 12.2 Å². The third-order valence-corrected chi connectivity index (χ3v) is 2.65. The number of hydrogen-bond acceptors (Lipinski definition) is 3. The Morgan fingerprint density at radius 1 is 1.47 bits per heavy atom. The van der Waals surface area contributed by atoms with E-state index in [2.05, 4.69) is 6.58 Å². The summed E-state index contributed by atoms with van der Waals surface area (Å²) in [4.78, 5) is 24.4. The van der Waals surface area contributed by atoms with Crippen LogP contribution in [0.1, 0.15) is 34.1 Å². The molecule has 17 heavy (non-hydrogen) atoms. The van der Waals surface area contributed by atoms with E-state index in [0.29, 0.717) is 0 Å². The summed E-state index contributed by atoms with van der Waals surface area (Å²) in [6, 6.07) is 0. The third kappa shape index (κ3) is 2.78. The Morgan fingerprint density at radius 2 is 2.00 bits per heavy atom. The number of hydrogen-bond donors (Lipinski definition) is 1. The molecule has 0 aliphatic carbocycles. The van der Waals surface area contributed by atoms with Crippen LogP contribution in [0.15, 0.2) is 12.2 Å². The minimum Gasteiger partial charge on any atom is -0.479 e. The highest BCUT2D eigenvalue weighted by atomic mass is 16.6. The highest BCUT2D eigenvalue weighted by molar-refractivity contribution is 5.85. The lowest BCUT2D eigenvalue weighted by Gasteiger charge is -2.32. The fourth-order valence-electron chi connectivity index (χ4n) is 1.81. The van der Waals surface area contributed by atoms with Crippen LogP contribution in [0, 0.1) is 0 Å². The Morgan fingerprint density at radius 3 is 2.41 bits per heavy atom. The number of carbonyl (C=O) groups is 2. The Bertz CT molecular complexity index is 369. The lowest BCUT2D eigenvalue weighted by atomic mass is 9.98. The van der Waals surface area contributed by atoms with E-state index >= 15 is 0 Å². The molecule has 0 radical (unpaired) electrons. The van der Waals surface area contributed by atoms with Gasteiger partial charge in [0.05, 0.1) is 0 Å². The molecule has 0 bridgehead atoms. The molecule has 0 aromatic carbocycles. The van der Waals surface area contributed by atoms with E-state index in [0.717, 1.165) is 5.57 Å². The van der Waals surface area contributed by atoms with E-state index in [1.807, 2.05) is 0 Å². The number of carboxylic acid groups (broad SMARTS) is 1. The van der Waals surface area contributed by atoms with Gasteiger partial charge in [0.2, 0.25) is 0 Å². The molecule has 5 heteroatoms. The largest absolute Gasteiger partial charge is 0.479 e. The third-order valence-electron chi connectivity index (χ3n) is 2.65. The molecular weight excluding hydrogens is 222 g/mol. The number of likely N-dealkylation sites (tertiary alicyclic amines) is 1. The van der Waals surface area contributed by atoms with Crippen LogP contribution in [-0.2, 0) is 9.53 Å². The minimum absolute atomic E-state index is 0.234. The van der Waals surface area contributed by atoms with Gasteiger partial charge in [-0.25, -0.2) is 9.59 Å². The summed E-state index contributed by atoms with van der Waals surface area (Å²) in [5, 5.41) is 9.22. The van der Waals surface area contributed by atoms with Gasteiger partial charge in [-0.15, -0.1) is 0 Å². The normalized spacial score (nSPS) is 24.9. The monoisotopic (exact) mass is 241 g/mol. The molecule has 0 spiro atoms. The van der Waals surface area contributed by atoms with E-state index in [-0.39, 0.29) is 13.0 Å². The van der Waals surface area contributed by atoms with Crippen LogP contribution in [0.2, 0.25) is 0 Å². The summed E-state index contributed by atoms with van der Waals surface area (Å²) in [6.45, 7) is 10.7. The van der Waals surface area contributed by atoms with Crippen molar-refractivity contribution in [1.82, 2.24) is 4.90 Å². The van der Waals surface area contributed by atoms with E-state index < -0.39 is 23.2 Å². The summed E-state index contributed by atoms with van der Waals surface area (Å²) >= 11 is 0. The van der Waals surface area contributed by atoms with Gasteiger partial charge in [0.25, 0.3) is 0 Å². The minimum atomic E-state index is -1.25. The summed E-state index contributed by atoms with van der Waals surface area (Å²) in [6.07, 6.45) is -0.345.